The molecule has 4 heteroatoms. The van der Waals surface area contributed by atoms with Crippen LogP contribution in [0, 0.1) is 0 Å². The van der Waals surface area contributed by atoms with Crippen LogP contribution in [0.1, 0.15) is 33.4 Å². The number of aliphatic hydroxyl groups is 1. The van der Waals surface area contributed by atoms with E-state index in [1.807, 2.05) is 32.2 Å². The Hall–Kier alpha value is -1.29. The molecule has 0 aliphatic heterocycles. The summed E-state index contributed by atoms with van der Waals surface area (Å²) in [4.78, 5) is 14.6. The minimum absolute atomic E-state index is 0.176. The highest BCUT2D eigenvalue weighted by molar-refractivity contribution is 5.83. The number of amides is 1. The number of aromatic nitrogens is 1. The van der Waals surface area contributed by atoms with Crippen molar-refractivity contribution < 1.29 is 9.90 Å². The Labute approximate surface area is 96.1 Å². The molecule has 1 heterocycles. The second-order valence-corrected chi connectivity index (χ2v) is 5.21. The Balaban J connectivity index is 2.59. The third-order valence-corrected chi connectivity index (χ3v) is 2.57. The molecule has 0 spiro atoms. The highest BCUT2D eigenvalue weighted by Gasteiger charge is 2.27. The lowest BCUT2D eigenvalue weighted by atomic mass is 9.89. The molecule has 0 bridgehead atoms. The van der Waals surface area contributed by atoms with Gasteiger partial charge in [-0.1, -0.05) is 13.8 Å². The minimum atomic E-state index is -1.33. The van der Waals surface area contributed by atoms with Crippen molar-refractivity contribution in [2.24, 2.45) is 0 Å². The third-order valence-electron chi connectivity index (χ3n) is 2.57. The van der Waals surface area contributed by atoms with Gasteiger partial charge in [0.05, 0.1) is 0 Å². The molecule has 0 fully saturated rings. The van der Waals surface area contributed by atoms with Gasteiger partial charge < -0.3 is 15.4 Å². The van der Waals surface area contributed by atoms with Gasteiger partial charge in [-0.3, -0.25) is 4.79 Å². The van der Waals surface area contributed by atoms with Crippen molar-refractivity contribution >= 4 is 5.91 Å². The van der Waals surface area contributed by atoms with Gasteiger partial charge in [0.2, 0.25) is 0 Å². The number of hydrogen-bond donors (Lipinski definition) is 3. The van der Waals surface area contributed by atoms with Crippen LogP contribution < -0.4 is 5.32 Å². The monoisotopic (exact) mass is 224 g/mol. The molecular weight excluding hydrogens is 204 g/mol. The Morgan fingerprint density at radius 1 is 1.44 bits per heavy atom. The molecule has 0 atom stereocenters. The summed E-state index contributed by atoms with van der Waals surface area (Å²) in [5, 5.41) is 12.2. The molecule has 0 unspecified atom stereocenters. The van der Waals surface area contributed by atoms with Crippen molar-refractivity contribution in [2.75, 3.05) is 6.54 Å². The smallest absolute Gasteiger partial charge is 0.251 e. The van der Waals surface area contributed by atoms with Crippen molar-refractivity contribution in [3.63, 3.8) is 0 Å². The molecule has 1 aromatic rings. The fraction of sp³-hybridized carbons (Fsp3) is 0.583. The molecule has 0 aliphatic rings. The van der Waals surface area contributed by atoms with Crippen molar-refractivity contribution in [2.45, 2.75) is 38.7 Å². The van der Waals surface area contributed by atoms with Crippen LogP contribution in [0.3, 0.4) is 0 Å². The van der Waals surface area contributed by atoms with Crippen LogP contribution in [0.15, 0.2) is 18.3 Å². The molecule has 0 saturated carbocycles. The lowest BCUT2D eigenvalue weighted by Crippen LogP contribution is -2.46. The van der Waals surface area contributed by atoms with E-state index in [9.17, 15) is 9.90 Å². The molecule has 0 radical (unpaired) electrons. The number of rotatable bonds is 4. The summed E-state index contributed by atoms with van der Waals surface area (Å²) < 4.78 is 0. The first-order valence-electron chi connectivity index (χ1n) is 5.38. The van der Waals surface area contributed by atoms with Crippen LogP contribution in [-0.2, 0) is 10.2 Å². The summed E-state index contributed by atoms with van der Waals surface area (Å²) in [6, 6.07) is 3.91. The molecule has 0 aliphatic carbocycles. The molecule has 16 heavy (non-hydrogen) atoms. The van der Waals surface area contributed by atoms with E-state index in [4.69, 9.17) is 0 Å². The first-order chi connectivity index (χ1) is 7.23. The zero-order valence-electron chi connectivity index (χ0n) is 10.3. The van der Waals surface area contributed by atoms with E-state index in [2.05, 4.69) is 10.3 Å². The Morgan fingerprint density at radius 2 is 2.06 bits per heavy atom. The Morgan fingerprint density at radius 3 is 2.50 bits per heavy atom. The lowest BCUT2D eigenvalue weighted by Gasteiger charge is -2.26. The first kappa shape index (κ1) is 12.8. The summed E-state index contributed by atoms with van der Waals surface area (Å²) in [6.07, 6.45) is 1.86. The van der Waals surface area contributed by atoms with E-state index in [1.54, 1.807) is 0 Å². The number of carbonyl (C=O) groups is 1. The summed E-state index contributed by atoms with van der Waals surface area (Å²) in [5.41, 5.74) is -0.445. The number of nitrogens with one attached hydrogen (secondary N) is 2. The quantitative estimate of drug-likeness (QED) is 0.719. The second-order valence-electron chi connectivity index (χ2n) is 5.21. The van der Waals surface area contributed by atoms with Gasteiger partial charge in [0.25, 0.3) is 5.91 Å². The summed E-state index contributed by atoms with van der Waals surface area (Å²) in [7, 11) is 0. The number of H-pyrrole nitrogens is 1. The number of carbonyl (C=O) groups excluding carboxylic acids is 1. The SMILES string of the molecule is CC(C)(O)C(=O)NCC(C)(C)c1ccc[nH]1. The van der Waals surface area contributed by atoms with Crippen molar-refractivity contribution in [1.82, 2.24) is 10.3 Å². The topological polar surface area (TPSA) is 65.1 Å². The van der Waals surface area contributed by atoms with Crippen molar-refractivity contribution in [3.8, 4) is 0 Å². The van der Waals surface area contributed by atoms with Gasteiger partial charge in [-0.25, -0.2) is 0 Å². The van der Waals surface area contributed by atoms with E-state index < -0.39 is 5.60 Å². The molecule has 0 aromatic carbocycles. The molecule has 1 amide bonds. The lowest BCUT2D eigenvalue weighted by molar-refractivity contribution is -0.136. The molecule has 1 rings (SSSR count). The van der Waals surface area contributed by atoms with Gasteiger partial charge >= 0.3 is 0 Å². The normalized spacial score (nSPS) is 12.6. The second kappa shape index (κ2) is 4.29. The average Bonchev–Trinajstić information content (AvgIpc) is 2.65. The molecular formula is C12H20N2O2. The zero-order chi connectivity index (χ0) is 12.4. The fourth-order valence-corrected chi connectivity index (χ4v) is 1.36. The summed E-state index contributed by atoms with van der Waals surface area (Å²) >= 11 is 0. The summed E-state index contributed by atoms with van der Waals surface area (Å²) in [6.45, 7) is 7.50. The van der Waals surface area contributed by atoms with Crippen molar-refractivity contribution in [1.29, 1.82) is 0 Å². The zero-order valence-corrected chi connectivity index (χ0v) is 10.3. The maximum atomic E-state index is 11.5. The van der Waals surface area contributed by atoms with Gasteiger partial charge in [0.15, 0.2) is 0 Å². The molecule has 3 N–H and O–H groups in total. The van der Waals surface area contributed by atoms with Crippen LogP contribution in [-0.4, -0.2) is 28.1 Å². The van der Waals surface area contributed by atoms with Gasteiger partial charge in [-0.05, 0) is 26.0 Å². The van der Waals surface area contributed by atoms with E-state index in [1.165, 1.54) is 13.8 Å². The first-order valence-corrected chi connectivity index (χ1v) is 5.38. The van der Waals surface area contributed by atoms with Crippen LogP contribution in [0.2, 0.25) is 0 Å². The van der Waals surface area contributed by atoms with E-state index in [-0.39, 0.29) is 11.3 Å². The molecule has 90 valence electrons. The van der Waals surface area contributed by atoms with Crippen molar-refractivity contribution in [3.05, 3.63) is 24.0 Å². The number of hydrogen-bond acceptors (Lipinski definition) is 2. The largest absolute Gasteiger partial charge is 0.381 e. The van der Waals surface area contributed by atoms with Gasteiger partial charge in [-0.2, -0.15) is 0 Å². The van der Waals surface area contributed by atoms with Crippen LogP contribution in [0.25, 0.3) is 0 Å². The fourth-order valence-electron chi connectivity index (χ4n) is 1.36. The van der Waals surface area contributed by atoms with E-state index in [0.29, 0.717) is 6.54 Å². The van der Waals surface area contributed by atoms with Gasteiger partial charge in [-0.15, -0.1) is 0 Å². The number of aromatic amines is 1. The van der Waals surface area contributed by atoms with E-state index in [0.717, 1.165) is 5.69 Å². The molecule has 4 nitrogen and oxygen atoms in total. The Bertz CT molecular complexity index is 348. The predicted octanol–water partition coefficient (Wildman–Crippen LogP) is 1.18. The maximum Gasteiger partial charge on any atom is 0.251 e. The maximum absolute atomic E-state index is 11.5. The van der Waals surface area contributed by atoms with Crippen LogP contribution in [0.4, 0.5) is 0 Å². The summed E-state index contributed by atoms with van der Waals surface area (Å²) in [5.74, 6) is -0.355. The van der Waals surface area contributed by atoms with Crippen LogP contribution in [0.5, 0.6) is 0 Å². The molecule has 0 saturated heterocycles. The highest BCUT2D eigenvalue weighted by Crippen LogP contribution is 2.20. The van der Waals surface area contributed by atoms with Gasteiger partial charge in [0, 0.05) is 23.9 Å². The average molecular weight is 224 g/mol. The Kier molecular flexibility index (Phi) is 3.43. The highest BCUT2D eigenvalue weighted by atomic mass is 16.3. The van der Waals surface area contributed by atoms with E-state index >= 15 is 0 Å². The van der Waals surface area contributed by atoms with Gasteiger partial charge in [0.1, 0.15) is 5.60 Å². The predicted molar refractivity (Wildman–Crippen MR) is 63.1 cm³/mol. The molecule has 1 aromatic heterocycles. The van der Waals surface area contributed by atoms with Crippen LogP contribution >= 0.6 is 0 Å². The standard InChI is InChI=1S/C12H20N2O2/c1-11(2,9-6-5-7-13-9)8-14-10(15)12(3,4)16/h5-7,13,16H,8H2,1-4H3,(H,14,15). The minimum Gasteiger partial charge on any atom is -0.381 e. The third kappa shape index (κ3) is 3.10.